The van der Waals surface area contributed by atoms with Gasteiger partial charge < -0.3 is 5.32 Å². The van der Waals surface area contributed by atoms with Gasteiger partial charge in [0.25, 0.3) is 0 Å². The molecule has 0 saturated carbocycles. The van der Waals surface area contributed by atoms with Crippen molar-refractivity contribution in [2.75, 3.05) is 11.4 Å². The van der Waals surface area contributed by atoms with Gasteiger partial charge in [0, 0.05) is 18.4 Å². The van der Waals surface area contributed by atoms with E-state index in [1.54, 1.807) is 6.92 Å². The number of imide groups is 1. The average Bonchev–Trinajstić information content (AvgIpc) is 2.70. The Labute approximate surface area is 120 Å². The van der Waals surface area contributed by atoms with Gasteiger partial charge in [-0.05, 0) is 37.6 Å². The van der Waals surface area contributed by atoms with E-state index in [0.29, 0.717) is 12.1 Å². The summed E-state index contributed by atoms with van der Waals surface area (Å²) in [5, 5.41) is 3.41. The molecule has 1 saturated heterocycles. The second-order valence-electron chi connectivity index (χ2n) is 5.44. The van der Waals surface area contributed by atoms with Gasteiger partial charge in [-0.3, -0.25) is 14.5 Å². The average molecular weight is 274 g/mol. The van der Waals surface area contributed by atoms with Crippen LogP contribution < -0.4 is 10.2 Å². The third-order valence-electron chi connectivity index (χ3n) is 3.72. The van der Waals surface area contributed by atoms with E-state index in [1.807, 2.05) is 24.3 Å². The number of hydrogen-bond acceptors (Lipinski definition) is 3. The highest BCUT2D eigenvalue weighted by atomic mass is 16.2. The molecule has 1 aromatic carbocycles. The molecule has 4 heteroatoms. The van der Waals surface area contributed by atoms with Crippen LogP contribution in [0.1, 0.15) is 45.2 Å². The molecule has 108 valence electrons. The molecule has 0 bridgehead atoms. The van der Waals surface area contributed by atoms with Gasteiger partial charge in [-0.2, -0.15) is 0 Å². The Balaban J connectivity index is 2.12. The Hall–Kier alpha value is -1.68. The maximum atomic E-state index is 12.0. The molecular formula is C16H22N2O2. The van der Waals surface area contributed by atoms with Crippen LogP contribution in [0.5, 0.6) is 0 Å². The van der Waals surface area contributed by atoms with Crippen molar-refractivity contribution >= 4 is 17.5 Å². The Morgan fingerprint density at radius 1 is 1.30 bits per heavy atom. The Morgan fingerprint density at radius 3 is 2.45 bits per heavy atom. The minimum Gasteiger partial charge on any atom is -0.310 e. The van der Waals surface area contributed by atoms with Crippen LogP contribution in [-0.4, -0.2) is 18.4 Å². The normalized spacial score (nSPS) is 20.6. The molecular weight excluding hydrogens is 252 g/mol. The van der Waals surface area contributed by atoms with Gasteiger partial charge in [0.1, 0.15) is 0 Å². The molecule has 4 nitrogen and oxygen atoms in total. The van der Waals surface area contributed by atoms with Gasteiger partial charge >= 0.3 is 0 Å². The largest absolute Gasteiger partial charge is 0.310 e. The van der Waals surface area contributed by atoms with E-state index in [1.165, 1.54) is 4.90 Å². The van der Waals surface area contributed by atoms with E-state index in [2.05, 4.69) is 19.2 Å². The first-order valence-corrected chi connectivity index (χ1v) is 7.24. The van der Waals surface area contributed by atoms with Gasteiger partial charge in [0.2, 0.25) is 11.8 Å². The minimum atomic E-state index is -0.202. The fourth-order valence-electron chi connectivity index (χ4n) is 2.45. The number of rotatable bonds is 5. The number of benzene rings is 1. The summed E-state index contributed by atoms with van der Waals surface area (Å²) in [4.78, 5) is 25.1. The summed E-state index contributed by atoms with van der Waals surface area (Å²) in [5.74, 6) is -0.403. The fraction of sp³-hybridized carbons (Fsp3) is 0.500. The maximum absolute atomic E-state index is 12.0. The molecule has 2 amide bonds. The zero-order valence-electron chi connectivity index (χ0n) is 12.3. The fourth-order valence-corrected chi connectivity index (χ4v) is 2.45. The van der Waals surface area contributed by atoms with Gasteiger partial charge in [-0.1, -0.05) is 26.0 Å². The molecule has 2 unspecified atom stereocenters. The predicted molar refractivity (Wildman–Crippen MR) is 79.4 cm³/mol. The standard InChI is InChI=1S/C16H22N2O2/c1-4-9-17-12(3)13-5-7-14(8-6-13)18-15(19)10-11(2)16(18)20/h5-8,11-12,17H,4,9-10H2,1-3H3. The van der Waals surface area contributed by atoms with Crippen LogP contribution >= 0.6 is 0 Å². The van der Waals surface area contributed by atoms with Crippen LogP contribution in [-0.2, 0) is 9.59 Å². The molecule has 0 aromatic heterocycles. The van der Waals surface area contributed by atoms with E-state index in [-0.39, 0.29) is 23.8 Å². The molecule has 1 fully saturated rings. The van der Waals surface area contributed by atoms with Crippen molar-refractivity contribution in [3.63, 3.8) is 0 Å². The lowest BCUT2D eigenvalue weighted by atomic mass is 10.1. The first-order chi connectivity index (χ1) is 9.54. The number of carbonyl (C=O) groups excluding carboxylic acids is 2. The van der Waals surface area contributed by atoms with E-state index >= 15 is 0 Å². The molecule has 0 radical (unpaired) electrons. The lowest BCUT2D eigenvalue weighted by Gasteiger charge is -2.17. The molecule has 2 rings (SSSR count). The van der Waals surface area contributed by atoms with Crippen molar-refractivity contribution in [1.29, 1.82) is 0 Å². The number of nitrogens with zero attached hydrogens (tertiary/aromatic N) is 1. The second kappa shape index (κ2) is 6.18. The van der Waals surface area contributed by atoms with Crippen molar-refractivity contribution in [2.45, 2.75) is 39.7 Å². The van der Waals surface area contributed by atoms with E-state index in [9.17, 15) is 9.59 Å². The molecule has 0 spiro atoms. The molecule has 1 heterocycles. The van der Waals surface area contributed by atoms with Gasteiger partial charge in [0.05, 0.1) is 5.69 Å². The Morgan fingerprint density at radius 2 is 1.95 bits per heavy atom. The highest BCUT2D eigenvalue weighted by Gasteiger charge is 2.36. The lowest BCUT2D eigenvalue weighted by molar-refractivity contribution is -0.122. The van der Waals surface area contributed by atoms with E-state index in [0.717, 1.165) is 18.5 Å². The van der Waals surface area contributed by atoms with Crippen molar-refractivity contribution < 1.29 is 9.59 Å². The van der Waals surface area contributed by atoms with Crippen LogP contribution in [0, 0.1) is 5.92 Å². The monoisotopic (exact) mass is 274 g/mol. The minimum absolute atomic E-state index is 0.0973. The molecule has 2 atom stereocenters. The summed E-state index contributed by atoms with van der Waals surface area (Å²) < 4.78 is 0. The summed E-state index contributed by atoms with van der Waals surface area (Å²) in [6, 6.07) is 7.94. The topological polar surface area (TPSA) is 49.4 Å². The van der Waals surface area contributed by atoms with Crippen molar-refractivity contribution in [2.24, 2.45) is 5.92 Å². The third-order valence-corrected chi connectivity index (χ3v) is 3.72. The Kier molecular flexibility index (Phi) is 4.55. The SMILES string of the molecule is CCCNC(C)c1ccc(N2C(=O)CC(C)C2=O)cc1. The second-order valence-corrected chi connectivity index (χ2v) is 5.44. The zero-order valence-corrected chi connectivity index (χ0v) is 12.3. The summed E-state index contributed by atoms with van der Waals surface area (Å²) in [6.07, 6.45) is 1.41. The number of carbonyl (C=O) groups is 2. The number of hydrogen-bond donors (Lipinski definition) is 1. The van der Waals surface area contributed by atoms with Crippen molar-refractivity contribution in [3.05, 3.63) is 29.8 Å². The predicted octanol–water partition coefficient (Wildman–Crippen LogP) is 2.65. The van der Waals surface area contributed by atoms with Gasteiger partial charge in [-0.15, -0.1) is 0 Å². The quantitative estimate of drug-likeness (QED) is 0.840. The molecule has 1 N–H and O–H groups in total. The number of anilines is 1. The van der Waals surface area contributed by atoms with E-state index in [4.69, 9.17) is 0 Å². The molecule has 0 aliphatic carbocycles. The highest BCUT2D eigenvalue weighted by molar-refractivity contribution is 6.20. The molecule has 1 aliphatic heterocycles. The van der Waals surface area contributed by atoms with Crippen LogP contribution in [0.3, 0.4) is 0 Å². The first-order valence-electron chi connectivity index (χ1n) is 7.24. The van der Waals surface area contributed by atoms with Crippen molar-refractivity contribution in [3.8, 4) is 0 Å². The van der Waals surface area contributed by atoms with Crippen LogP contribution in [0.4, 0.5) is 5.69 Å². The maximum Gasteiger partial charge on any atom is 0.237 e. The summed E-state index contributed by atoms with van der Waals surface area (Å²) in [6.45, 7) is 7.02. The van der Waals surface area contributed by atoms with Crippen LogP contribution in [0.15, 0.2) is 24.3 Å². The molecule has 1 aromatic rings. The zero-order chi connectivity index (χ0) is 14.7. The first kappa shape index (κ1) is 14.7. The van der Waals surface area contributed by atoms with Crippen molar-refractivity contribution in [1.82, 2.24) is 5.32 Å². The van der Waals surface area contributed by atoms with Gasteiger partial charge in [-0.25, -0.2) is 0 Å². The van der Waals surface area contributed by atoms with Crippen LogP contribution in [0.25, 0.3) is 0 Å². The Bertz CT molecular complexity index is 496. The molecule has 20 heavy (non-hydrogen) atoms. The van der Waals surface area contributed by atoms with Crippen LogP contribution in [0.2, 0.25) is 0 Å². The summed E-state index contributed by atoms with van der Waals surface area (Å²) >= 11 is 0. The number of amides is 2. The highest BCUT2D eigenvalue weighted by Crippen LogP contribution is 2.27. The lowest BCUT2D eigenvalue weighted by Crippen LogP contribution is -2.30. The van der Waals surface area contributed by atoms with Gasteiger partial charge in [0.15, 0.2) is 0 Å². The summed E-state index contributed by atoms with van der Waals surface area (Å²) in [7, 11) is 0. The third kappa shape index (κ3) is 2.90. The summed E-state index contributed by atoms with van der Waals surface area (Å²) in [5.41, 5.74) is 1.84. The smallest absolute Gasteiger partial charge is 0.237 e. The number of nitrogens with one attached hydrogen (secondary N) is 1. The van der Waals surface area contributed by atoms with E-state index < -0.39 is 0 Å². The molecule has 1 aliphatic rings.